The molecule has 150 valence electrons. The zero-order chi connectivity index (χ0) is 20.9. The number of pyridine rings is 1. The van der Waals surface area contributed by atoms with Crippen LogP contribution in [0, 0.1) is 12.7 Å². The molecule has 0 radical (unpaired) electrons. The van der Waals surface area contributed by atoms with Gasteiger partial charge in [-0.2, -0.15) is 0 Å². The Kier molecular flexibility index (Phi) is 6.23. The predicted molar refractivity (Wildman–Crippen MR) is 109 cm³/mol. The number of amides is 2. The lowest BCUT2D eigenvalue weighted by Crippen LogP contribution is -2.35. The molecule has 0 fully saturated rings. The van der Waals surface area contributed by atoms with Crippen molar-refractivity contribution in [1.29, 1.82) is 0 Å². The molecular weight excluding hydrogens is 393 g/mol. The fraction of sp³-hybridized carbons (Fsp3) is 0.143. The first-order valence-electron chi connectivity index (χ1n) is 8.88. The number of anilines is 1. The molecule has 1 atom stereocenters. The van der Waals surface area contributed by atoms with Gasteiger partial charge in [-0.25, -0.2) is 17.6 Å². The predicted octanol–water partition coefficient (Wildman–Crippen LogP) is 3.87. The fourth-order valence-electron chi connectivity index (χ4n) is 2.81. The van der Waals surface area contributed by atoms with E-state index in [9.17, 15) is 17.6 Å². The maximum Gasteiger partial charge on any atom is 0.319 e. The highest BCUT2D eigenvalue weighted by atomic mass is 32.2. The van der Waals surface area contributed by atoms with Crippen LogP contribution in [-0.4, -0.2) is 26.0 Å². The topological polar surface area (TPSA) is 88.2 Å². The molecule has 0 spiro atoms. The number of carbonyl (C=O) groups is 1. The first kappa shape index (κ1) is 20.5. The first-order chi connectivity index (χ1) is 13.9. The van der Waals surface area contributed by atoms with Crippen LogP contribution < -0.4 is 10.6 Å². The highest BCUT2D eigenvalue weighted by molar-refractivity contribution is 7.91. The average molecular weight is 413 g/mol. The molecule has 2 N–H and O–H groups in total. The van der Waals surface area contributed by atoms with Gasteiger partial charge in [0.25, 0.3) is 0 Å². The Morgan fingerprint density at radius 2 is 1.86 bits per heavy atom. The lowest BCUT2D eigenvalue weighted by molar-refractivity contribution is 0.252. The van der Waals surface area contributed by atoms with Crippen molar-refractivity contribution >= 4 is 21.6 Å². The maximum absolute atomic E-state index is 13.6. The van der Waals surface area contributed by atoms with Crippen molar-refractivity contribution in [1.82, 2.24) is 10.3 Å². The number of halogens is 1. The number of hydrogen-bond donors (Lipinski definition) is 2. The number of urea groups is 1. The molecule has 0 bridgehead atoms. The lowest BCUT2D eigenvalue weighted by Gasteiger charge is -2.19. The van der Waals surface area contributed by atoms with Gasteiger partial charge >= 0.3 is 6.03 Å². The van der Waals surface area contributed by atoms with E-state index < -0.39 is 26.9 Å². The molecule has 1 heterocycles. The van der Waals surface area contributed by atoms with Crippen molar-refractivity contribution in [2.24, 2.45) is 0 Å². The number of nitrogens with zero attached hydrogens (tertiary/aromatic N) is 1. The molecule has 3 rings (SSSR count). The van der Waals surface area contributed by atoms with E-state index in [1.807, 2.05) is 6.07 Å². The second-order valence-corrected chi connectivity index (χ2v) is 8.56. The summed E-state index contributed by atoms with van der Waals surface area (Å²) in [7, 11) is -3.91. The molecule has 3 aromatic rings. The number of para-hydroxylation sites is 1. The molecule has 0 aliphatic rings. The molecule has 0 saturated heterocycles. The van der Waals surface area contributed by atoms with Gasteiger partial charge in [0.1, 0.15) is 11.1 Å². The minimum atomic E-state index is -3.91. The van der Waals surface area contributed by atoms with Gasteiger partial charge in [-0.15, -0.1) is 0 Å². The summed E-state index contributed by atoms with van der Waals surface area (Å²) in [6, 6.07) is 15.2. The lowest BCUT2D eigenvalue weighted by atomic mass is 10.2. The number of rotatable bonds is 6. The van der Waals surface area contributed by atoms with Gasteiger partial charge in [-0.1, -0.05) is 24.3 Å². The summed E-state index contributed by atoms with van der Waals surface area (Å²) >= 11 is 0. The van der Waals surface area contributed by atoms with Crippen LogP contribution in [0.3, 0.4) is 0 Å². The molecular formula is C21H20FN3O3S. The molecule has 0 aliphatic carbocycles. The number of hydrogen-bond acceptors (Lipinski definition) is 4. The van der Waals surface area contributed by atoms with Crippen molar-refractivity contribution in [3.05, 3.63) is 90.0 Å². The summed E-state index contributed by atoms with van der Waals surface area (Å²) in [6.45, 7) is 1.32. The number of aromatic nitrogens is 1. The summed E-state index contributed by atoms with van der Waals surface area (Å²) in [5.74, 6) is -0.484. The average Bonchev–Trinajstić information content (AvgIpc) is 2.71. The summed E-state index contributed by atoms with van der Waals surface area (Å²) in [5, 5.41) is 4.17. The van der Waals surface area contributed by atoms with Crippen molar-refractivity contribution in [2.75, 3.05) is 11.9 Å². The van der Waals surface area contributed by atoms with Crippen molar-refractivity contribution < 1.29 is 17.6 Å². The van der Waals surface area contributed by atoms with Gasteiger partial charge in [-0.05, 0) is 54.4 Å². The zero-order valence-electron chi connectivity index (χ0n) is 15.7. The minimum Gasteiger partial charge on any atom is -0.336 e. The quantitative estimate of drug-likeness (QED) is 0.601. The van der Waals surface area contributed by atoms with Crippen LogP contribution in [0.25, 0.3) is 0 Å². The first-order valence-corrected chi connectivity index (χ1v) is 10.4. The van der Waals surface area contributed by atoms with Gasteiger partial charge in [-0.3, -0.25) is 4.98 Å². The monoisotopic (exact) mass is 413 g/mol. The smallest absolute Gasteiger partial charge is 0.319 e. The van der Waals surface area contributed by atoms with E-state index in [1.165, 1.54) is 31.5 Å². The van der Waals surface area contributed by atoms with Crippen molar-refractivity contribution in [3.63, 3.8) is 0 Å². The summed E-state index contributed by atoms with van der Waals surface area (Å²) in [4.78, 5) is 16.2. The molecule has 6 nitrogen and oxygen atoms in total. The van der Waals surface area contributed by atoms with Gasteiger partial charge in [0.15, 0.2) is 9.84 Å². The van der Waals surface area contributed by atoms with E-state index in [1.54, 1.807) is 36.4 Å². The Hall–Kier alpha value is -3.26. The van der Waals surface area contributed by atoms with Crippen LogP contribution in [0.1, 0.15) is 16.4 Å². The van der Waals surface area contributed by atoms with Gasteiger partial charge < -0.3 is 10.6 Å². The standard InChI is InChI=1S/C21H20FN3O3S/c1-15-12-18(9-10-19(15)22)29(27,28)20(16-6-5-11-23-13-16)14-24-21(26)25-17-7-3-2-4-8-17/h2-13,20H,14H2,1H3,(H2,24,25,26)/t20-/m0/s1. The molecule has 8 heteroatoms. The highest BCUT2D eigenvalue weighted by Crippen LogP contribution is 2.29. The second kappa shape index (κ2) is 8.83. The number of sulfone groups is 1. The number of nitrogens with one attached hydrogen (secondary N) is 2. The van der Waals surface area contributed by atoms with E-state index >= 15 is 0 Å². The highest BCUT2D eigenvalue weighted by Gasteiger charge is 2.30. The molecule has 0 saturated carbocycles. The van der Waals surface area contributed by atoms with E-state index in [2.05, 4.69) is 15.6 Å². The van der Waals surface area contributed by atoms with Crippen LogP contribution in [0.4, 0.5) is 14.9 Å². The zero-order valence-corrected chi connectivity index (χ0v) is 16.5. The van der Waals surface area contributed by atoms with Gasteiger partial charge in [0.05, 0.1) is 4.90 Å². The summed E-state index contributed by atoms with van der Waals surface area (Å²) in [6.07, 6.45) is 2.97. The van der Waals surface area contributed by atoms with Crippen LogP contribution >= 0.6 is 0 Å². The van der Waals surface area contributed by atoms with E-state index in [-0.39, 0.29) is 17.0 Å². The minimum absolute atomic E-state index is 0.0180. The Bertz CT molecular complexity index is 1090. The van der Waals surface area contributed by atoms with Gasteiger partial charge in [0, 0.05) is 24.6 Å². The third-order valence-electron chi connectivity index (χ3n) is 4.37. The summed E-state index contributed by atoms with van der Waals surface area (Å²) in [5.41, 5.74) is 1.24. The van der Waals surface area contributed by atoms with E-state index in [0.717, 1.165) is 6.07 Å². The Balaban J connectivity index is 1.85. The number of carbonyl (C=O) groups excluding carboxylic acids is 1. The van der Waals surface area contributed by atoms with Crippen LogP contribution in [0.5, 0.6) is 0 Å². The normalized spacial score (nSPS) is 12.2. The van der Waals surface area contributed by atoms with Crippen molar-refractivity contribution in [3.8, 4) is 0 Å². The molecule has 2 aromatic carbocycles. The van der Waals surface area contributed by atoms with Crippen LogP contribution in [-0.2, 0) is 9.84 Å². The number of aryl methyl sites for hydroxylation is 1. The Morgan fingerprint density at radius 3 is 2.52 bits per heavy atom. The van der Waals surface area contributed by atoms with E-state index in [4.69, 9.17) is 0 Å². The SMILES string of the molecule is Cc1cc(S(=O)(=O)[C@@H](CNC(=O)Nc2ccccc2)c2cccnc2)ccc1F. The largest absolute Gasteiger partial charge is 0.336 e. The Labute approximate surface area is 168 Å². The van der Waals surface area contributed by atoms with E-state index in [0.29, 0.717) is 11.3 Å². The molecule has 29 heavy (non-hydrogen) atoms. The van der Waals surface area contributed by atoms with Crippen LogP contribution in [0.15, 0.2) is 78.0 Å². The van der Waals surface area contributed by atoms with Crippen LogP contribution in [0.2, 0.25) is 0 Å². The molecule has 0 aliphatic heterocycles. The molecule has 1 aromatic heterocycles. The fourth-order valence-corrected chi connectivity index (χ4v) is 4.54. The molecule has 2 amide bonds. The van der Waals surface area contributed by atoms with Gasteiger partial charge in [0.2, 0.25) is 0 Å². The third kappa shape index (κ3) is 4.97. The number of benzene rings is 2. The molecule has 0 unspecified atom stereocenters. The summed E-state index contributed by atoms with van der Waals surface area (Å²) < 4.78 is 40.1. The second-order valence-electron chi connectivity index (χ2n) is 6.43. The maximum atomic E-state index is 13.6. The Morgan fingerprint density at radius 1 is 1.10 bits per heavy atom. The van der Waals surface area contributed by atoms with Crippen molar-refractivity contribution in [2.45, 2.75) is 17.1 Å². The third-order valence-corrected chi connectivity index (χ3v) is 6.47.